The molecule has 5 nitrogen and oxygen atoms in total. The van der Waals surface area contributed by atoms with E-state index in [0.717, 1.165) is 6.07 Å². The van der Waals surface area contributed by atoms with Crippen molar-refractivity contribution in [1.82, 2.24) is 9.62 Å². The summed E-state index contributed by atoms with van der Waals surface area (Å²) in [6, 6.07) is 2.30. The highest BCUT2D eigenvalue weighted by atomic mass is 32.2. The van der Waals surface area contributed by atoms with Crippen molar-refractivity contribution >= 4 is 17.5 Å². The molecule has 2 aliphatic heterocycles. The van der Waals surface area contributed by atoms with E-state index in [9.17, 15) is 14.5 Å². The van der Waals surface area contributed by atoms with E-state index in [2.05, 4.69) is 4.72 Å². The number of piperidine rings is 1. The molecule has 9 heteroatoms. The standard InChI is InChI=1S/C21H29F3N2O3S/c1-12(25-30(29)20(2,3)4)16-6-5-7-17(18(16)22)21(23,24)13-10-14-8-9-15(11-13)26(14)19(27)28/h5-7,12-15,25H,8-11H2,1-4H3,(H,27,28). The van der Waals surface area contributed by atoms with Crippen LogP contribution in [-0.2, 0) is 17.3 Å². The molecule has 3 rings (SSSR count). The second-order valence-corrected chi connectivity index (χ2v) is 11.3. The van der Waals surface area contributed by atoms with Gasteiger partial charge in [-0.15, -0.1) is 4.72 Å². The van der Waals surface area contributed by atoms with Gasteiger partial charge in [0.1, 0.15) is 10.6 Å². The van der Waals surface area contributed by atoms with Crippen molar-refractivity contribution in [3.8, 4) is 0 Å². The van der Waals surface area contributed by atoms with E-state index >= 15 is 13.2 Å². The lowest BCUT2D eigenvalue weighted by molar-refractivity contribution is -0.0969. The Morgan fingerprint density at radius 3 is 2.33 bits per heavy atom. The fourth-order valence-electron chi connectivity index (χ4n) is 4.55. The summed E-state index contributed by atoms with van der Waals surface area (Å²) >= 11 is -1.48. The number of hydrogen-bond donors (Lipinski definition) is 2. The van der Waals surface area contributed by atoms with Gasteiger partial charge in [-0.3, -0.25) is 0 Å². The molecule has 0 saturated carbocycles. The van der Waals surface area contributed by atoms with Crippen molar-refractivity contribution in [2.45, 2.75) is 82.2 Å². The predicted molar refractivity (Wildman–Crippen MR) is 109 cm³/mol. The van der Waals surface area contributed by atoms with E-state index in [-0.39, 0.29) is 18.4 Å². The summed E-state index contributed by atoms with van der Waals surface area (Å²) in [5, 5.41) is 9.34. The SMILES string of the molecule is CC(N[S+]([O-])C(C)(C)C)c1cccc(C(F)(F)C2CC3CCC(C2)N3C(=O)O)c1F. The number of nitrogens with one attached hydrogen (secondary N) is 1. The van der Waals surface area contributed by atoms with Crippen LogP contribution in [0.15, 0.2) is 18.2 Å². The molecule has 4 unspecified atom stereocenters. The number of rotatable bonds is 5. The minimum atomic E-state index is -3.42. The van der Waals surface area contributed by atoms with Gasteiger partial charge in [-0.2, -0.15) is 0 Å². The monoisotopic (exact) mass is 446 g/mol. The summed E-state index contributed by atoms with van der Waals surface area (Å²) < 4.78 is 60.6. The number of fused-ring (bicyclic) bond motifs is 2. The van der Waals surface area contributed by atoms with Gasteiger partial charge in [-0.25, -0.2) is 18.0 Å². The minimum absolute atomic E-state index is 0.0152. The average molecular weight is 447 g/mol. The molecule has 1 aromatic carbocycles. The molecule has 2 heterocycles. The first-order valence-electron chi connectivity index (χ1n) is 10.2. The van der Waals surface area contributed by atoms with Crippen LogP contribution in [0, 0.1) is 11.7 Å². The fraction of sp³-hybridized carbons (Fsp3) is 0.667. The zero-order chi connectivity index (χ0) is 22.4. The number of carbonyl (C=O) groups is 1. The van der Waals surface area contributed by atoms with Crippen molar-refractivity contribution in [1.29, 1.82) is 0 Å². The molecule has 2 saturated heterocycles. The van der Waals surface area contributed by atoms with Gasteiger partial charge < -0.3 is 14.6 Å². The first-order valence-corrected chi connectivity index (χ1v) is 11.3. The summed E-state index contributed by atoms with van der Waals surface area (Å²) in [7, 11) is 0. The van der Waals surface area contributed by atoms with Crippen molar-refractivity contribution < 1.29 is 27.6 Å². The van der Waals surface area contributed by atoms with Crippen LogP contribution in [0.4, 0.5) is 18.0 Å². The quantitative estimate of drug-likeness (QED) is 0.628. The average Bonchev–Trinajstić information content (AvgIpc) is 2.91. The maximum atomic E-state index is 15.4. The number of halogens is 3. The number of amides is 1. The lowest BCUT2D eigenvalue weighted by atomic mass is 9.82. The highest BCUT2D eigenvalue weighted by Gasteiger charge is 2.53. The lowest BCUT2D eigenvalue weighted by Gasteiger charge is -2.40. The molecule has 0 aliphatic carbocycles. The van der Waals surface area contributed by atoms with E-state index in [0.29, 0.717) is 12.8 Å². The first-order chi connectivity index (χ1) is 13.8. The highest BCUT2D eigenvalue weighted by Crippen LogP contribution is 2.49. The topological polar surface area (TPSA) is 75.6 Å². The van der Waals surface area contributed by atoms with Gasteiger partial charge in [0, 0.05) is 34.9 Å². The number of nitrogens with zero attached hydrogens (tertiary/aromatic N) is 1. The third kappa shape index (κ3) is 4.29. The van der Waals surface area contributed by atoms with Gasteiger partial charge in [-0.1, -0.05) is 18.2 Å². The molecule has 0 aromatic heterocycles. The van der Waals surface area contributed by atoms with E-state index in [4.69, 9.17) is 0 Å². The van der Waals surface area contributed by atoms with Crippen molar-refractivity contribution in [2.24, 2.45) is 5.92 Å². The maximum Gasteiger partial charge on any atom is 0.407 e. The number of hydrogen-bond acceptors (Lipinski definition) is 3. The fourth-order valence-corrected chi connectivity index (χ4v) is 5.35. The molecule has 0 radical (unpaired) electrons. The zero-order valence-corrected chi connectivity index (χ0v) is 18.4. The van der Waals surface area contributed by atoms with E-state index < -0.39 is 63.5 Å². The number of benzene rings is 1. The van der Waals surface area contributed by atoms with Gasteiger partial charge in [0.05, 0.1) is 11.6 Å². The van der Waals surface area contributed by atoms with E-state index in [1.165, 1.54) is 17.0 Å². The van der Waals surface area contributed by atoms with Crippen molar-refractivity contribution in [3.63, 3.8) is 0 Å². The second kappa shape index (κ2) is 8.24. The van der Waals surface area contributed by atoms with Crippen LogP contribution in [0.1, 0.15) is 70.5 Å². The summed E-state index contributed by atoms with van der Waals surface area (Å²) in [5.74, 6) is -5.54. The third-order valence-corrected chi connectivity index (χ3v) is 7.84. The van der Waals surface area contributed by atoms with Gasteiger partial charge in [0.2, 0.25) is 0 Å². The lowest BCUT2D eigenvalue weighted by Crippen LogP contribution is -2.49. The molecule has 1 amide bonds. The minimum Gasteiger partial charge on any atom is -0.598 e. The van der Waals surface area contributed by atoms with Crippen LogP contribution in [-0.4, -0.2) is 37.5 Å². The van der Waals surface area contributed by atoms with E-state index in [1.54, 1.807) is 27.7 Å². The molecule has 2 bridgehead atoms. The van der Waals surface area contributed by atoms with Gasteiger partial charge >= 0.3 is 6.09 Å². The Morgan fingerprint density at radius 2 is 1.83 bits per heavy atom. The Bertz CT molecular complexity index is 788. The predicted octanol–water partition coefficient (Wildman–Crippen LogP) is 4.95. The largest absolute Gasteiger partial charge is 0.598 e. The second-order valence-electron chi connectivity index (χ2n) is 9.30. The Morgan fingerprint density at radius 1 is 1.27 bits per heavy atom. The number of carboxylic acid groups (broad SMARTS) is 1. The van der Waals surface area contributed by atoms with Crippen LogP contribution in [0.25, 0.3) is 0 Å². The molecule has 2 aliphatic rings. The maximum absolute atomic E-state index is 15.4. The van der Waals surface area contributed by atoms with Gasteiger partial charge in [-0.05, 0) is 53.4 Å². The van der Waals surface area contributed by atoms with Gasteiger partial charge in [0.15, 0.2) is 0 Å². The molecule has 2 fully saturated rings. The highest BCUT2D eigenvalue weighted by molar-refractivity contribution is 7.90. The van der Waals surface area contributed by atoms with Crippen molar-refractivity contribution in [2.75, 3.05) is 0 Å². The van der Waals surface area contributed by atoms with Crippen LogP contribution >= 0.6 is 0 Å². The number of alkyl halides is 2. The molecular formula is C21H29F3N2O3S. The van der Waals surface area contributed by atoms with Crippen LogP contribution < -0.4 is 4.72 Å². The summed E-state index contributed by atoms with van der Waals surface area (Å²) in [6.45, 7) is 6.89. The van der Waals surface area contributed by atoms with Crippen LogP contribution in [0.5, 0.6) is 0 Å². The third-order valence-electron chi connectivity index (χ3n) is 6.16. The first kappa shape index (κ1) is 23.2. The Kier molecular flexibility index (Phi) is 6.38. The molecule has 1 aromatic rings. The van der Waals surface area contributed by atoms with Crippen LogP contribution in [0.2, 0.25) is 0 Å². The molecular weight excluding hydrogens is 417 g/mol. The van der Waals surface area contributed by atoms with Crippen molar-refractivity contribution in [3.05, 3.63) is 35.1 Å². The smallest absolute Gasteiger partial charge is 0.407 e. The summed E-state index contributed by atoms with van der Waals surface area (Å²) in [6.07, 6.45) is 0.0732. The molecule has 4 atom stereocenters. The molecule has 0 spiro atoms. The Hall–Kier alpha value is -1.45. The summed E-state index contributed by atoms with van der Waals surface area (Å²) in [4.78, 5) is 12.7. The molecule has 2 N–H and O–H groups in total. The molecule has 30 heavy (non-hydrogen) atoms. The summed E-state index contributed by atoms with van der Waals surface area (Å²) in [5.41, 5.74) is -0.640. The molecule has 168 valence electrons. The normalized spacial score (nSPS) is 26.5. The zero-order valence-electron chi connectivity index (χ0n) is 17.6. The van der Waals surface area contributed by atoms with Crippen LogP contribution in [0.3, 0.4) is 0 Å². The Balaban J connectivity index is 1.84. The Labute approximate surface area is 178 Å². The van der Waals surface area contributed by atoms with E-state index in [1.807, 2.05) is 0 Å². The van der Waals surface area contributed by atoms with Gasteiger partial charge in [0.25, 0.3) is 5.92 Å².